The first kappa shape index (κ1) is 12.5. The Balaban J connectivity index is 2.01. The van der Waals surface area contributed by atoms with Crippen LogP contribution in [-0.4, -0.2) is 16.7 Å². The number of nitrogens with zero attached hydrogens (tertiary/aromatic N) is 2. The van der Waals surface area contributed by atoms with E-state index in [-0.39, 0.29) is 12.1 Å². The standard InChI is InChI=1S/C15H11FN2O2/c1-9-4-10(7-17-6-9)8-18-13-5-11(16)2-3-12(13)14(19)15(18)20/h2-7H,8H2,1H3. The lowest BCUT2D eigenvalue weighted by Gasteiger charge is -2.16. The Labute approximate surface area is 114 Å². The van der Waals surface area contributed by atoms with E-state index in [2.05, 4.69) is 4.98 Å². The van der Waals surface area contributed by atoms with Gasteiger partial charge in [-0.15, -0.1) is 0 Å². The van der Waals surface area contributed by atoms with E-state index in [0.29, 0.717) is 5.69 Å². The lowest BCUT2D eigenvalue weighted by Crippen LogP contribution is -2.29. The normalized spacial score (nSPS) is 13.8. The van der Waals surface area contributed by atoms with Crippen molar-refractivity contribution < 1.29 is 14.0 Å². The molecule has 2 aromatic rings. The van der Waals surface area contributed by atoms with Crippen LogP contribution in [0.15, 0.2) is 36.7 Å². The number of ketones is 1. The molecule has 0 N–H and O–H groups in total. The van der Waals surface area contributed by atoms with Crippen LogP contribution in [0, 0.1) is 12.7 Å². The summed E-state index contributed by atoms with van der Waals surface area (Å²) in [7, 11) is 0. The number of pyridine rings is 1. The Bertz CT molecular complexity index is 728. The molecule has 4 nitrogen and oxygen atoms in total. The van der Waals surface area contributed by atoms with Crippen molar-refractivity contribution in [1.29, 1.82) is 0 Å². The zero-order valence-corrected chi connectivity index (χ0v) is 10.8. The van der Waals surface area contributed by atoms with E-state index in [9.17, 15) is 14.0 Å². The van der Waals surface area contributed by atoms with Crippen molar-refractivity contribution in [2.24, 2.45) is 0 Å². The molecule has 0 bridgehead atoms. The molecule has 1 amide bonds. The number of carbonyl (C=O) groups excluding carboxylic acids is 2. The number of aryl methyl sites for hydroxylation is 1. The molecule has 0 fully saturated rings. The minimum absolute atomic E-state index is 0.204. The summed E-state index contributed by atoms with van der Waals surface area (Å²) >= 11 is 0. The number of carbonyl (C=O) groups is 2. The molecule has 2 heterocycles. The lowest BCUT2D eigenvalue weighted by molar-refractivity contribution is -0.114. The van der Waals surface area contributed by atoms with Gasteiger partial charge < -0.3 is 4.90 Å². The van der Waals surface area contributed by atoms with Gasteiger partial charge in [0.05, 0.1) is 17.8 Å². The van der Waals surface area contributed by atoms with Crippen LogP contribution in [0.5, 0.6) is 0 Å². The third-order valence-corrected chi connectivity index (χ3v) is 3.21. The van der Waals surface area contributed by atoms with Crippen LogP contribution >= 0.6 is 0 Å². The van der Waals surface area contributed by atoms with Crippen molar-refractivity contribution in [1.82, 2.24) is 4.98 Å². The van der Waals surface area contributed by atoms with Crippen LogP contribution in [0.2, 0.25) is 0 Å². The molecule has 100 valence electrons. The molecule has 0 aliphatic carbocycles. The first-order valence-corrected chi connectivity index (χ1v) is 6.12. The fourth-order valence-electron chi connectivity index (χ4n) is 2.31. The third-order valence-electron chi connectivity index (χ3n) is 3.21. The molecule has 0 unspecified atom stereocenters. The number of anilines is 1. The zero-order valence-electron chi connectivity index (χ0n) is 10.8. The molecular weight excluding hydrogens is 259 g/mol. The van der Waals surface area contributed by atoms with Crippen LogP contribution in [0.25, 0.3) is 0 Å². The molecule has 1 aromatic carbocycles. The molecule has 0 saturated carbocycles. The first-order valence-electron chi connectivity index (χ1n) is 6.12. The second-order valence-corrected chi connectivity index (χ2v) is 4.75. The number of aromatic nitrogens is 1. The van der Waals surface area contributed by atoms with Crippen molar-refractivity contribution >= 4 is 17.4 Å². The summed E-state index contributed by atoms with van der Waals surface area (Å²) in [5, 5.41) is 0. The maximum atomic E-state index is 13.3. The molecule has 20 heavy (non-hydrogen) atoms. The number of Topliss-reactive ketones (excluding diaryl/α,β-unsaturated/α-hetero) is 1. The summed E-state index contributed by atoms with van der Waals surface area (Å²) in [6, 6.07) is 5.62. The number of rotatable bonds is 2. The molecule has 5 heteroatoms. The highest BCUT2D eigenvalue weighted by Crippen LogP contribution is 2.30. The highest BCUT2D eigenvalue weighted by molar-refractivity contribution is 6.52. The van der Waals surface area contributed by atoms with Gasteiger partial charge in [-0.3, -0.25) is 14.6 Å². The quantitative estimate of drug-likeness (QED) is 0.786. The predicted molar refractivity (Wildman–Crippen MR) is 70.9 cm³/mol. The van der Waals surface area contributed by atoms with Crippen molar-refractivity contribution in [2.75, 3.05) is 4.90 Å². The van der Waals surface area contributed by atoms with Crippen LogP contribution in [-0.2, 0) is 11.3 Å². The number of amides is 1. The highest BCUT2D eigenvalue weighted by Gasteiger charge is 2.35. The average molecular weight is 270 g/mol. The van der Waals surface area contributed by atoms with E-state index in [4.69, 9.17) is 0 Å². The summed E-state index contributed by atoms with van der Waals surface area (Å²) in [6.07, 6.45) is 3.33. The topological polar surface area (TPSA) is 50.3 Å². The van der Waals surface area contributed by atoms with Crippen molar-refractivity contribution in [3.8, 4) is 0 Å². The zero-order chi connectivity index (χ0) is 14.3. The van der Waals surface area contributed by atoms with E-state index in [1.165, 1.54) is 23.1 Å². The SMILES string of the molecule is Cc1cncc(CN2C(=O)C(=O)c3ccc(F)cc32)c1. The Hall–Kier alpha value is -2.56. The number of hydrogen-bond donors (Lipinski definition) is 0. The highest BCUT2D eigenvalue weighted by atomic mass is 19.1. The van der Waals surface area contributed by atoms with Crippen LogP contribution in [0.1, 0.15) is 21.5 Å². The predicted octanol–water partition coefficient (Wildman–Crippen LogP) is 2.26. The Morgan fingerprint density at radius 2 is 2.00 bits per heavy atom. The molecule has 1 aliphatic rings. The minimum Gasteiger partial charge on any atom is -0.300 e. The average Bonchev–Trinajstić information content (AvgIpc) is 2.64. The second-order valence-electron chi connectivity index (χ2n) is 4.75. The monoisotopic (exact) mass is 270 g/mol. The summed E-state index contributed by atoms with van der Waals surface area (Å²) in [4.78, 5) is 29.2. The maximum Gasteiger partial charge on any atom is 0.299 e. The molecule has 1 aromatic heterocycles. The van der Waals surface area contributed by atoms with Gasteiger partial charge in [0.15, 0.2) is 0 Å². The Kier molecular flexibility index (Phi) is 2.82. The van der Waals surface area contributed by atoms with E-state index >= 15 is 0 Å². The number of hydrogen-bond acceptors (Lipinski definition) is 3. The van der Waals surface area contributed by atoms with E-state index in [0.717, 1.165) is 11.1 Å². The van der Waals surface area contributed by atoms with Gasteiger partial charge in [0.1, 0.15) is 5.82 Å². The van der Waals surface area contributed by atoms with Gasteiger partial charge in [0, 0.05) is 12.4 Å². The molecule has 0 atom stereocenters. The van der Waals surface area contributed by atoms with Gasteiger partial charge in [-0.1, -0.05) is 6.07 Å². The van der Waals surface area contributed by atoms with Gasteiger partial charge in [-0.25, -0.2) is 4.39 Å². The minimum atomic E-state index is -0.632. The van der Waals surface area contributed by atoms with E-state index < -0.39 is 17.5 Å². The molecule has 0 spiro atoms. The van der Waals surface area contributed by atoms with Gasteiger partial charge >= 0.3 is 0 Å². The second kappa shape index (κ2) is 4.52. The molecule has 3 rings (SSSR count). The van der Waals surface area contributed by atoms with E-state index in [1.807, 2.05) is 13.0 Å². The Morgan fingerprint density at radius 1 is 1.20 bits per heavy atom. The molecule has 1 aliphatic heterocycles. The maximum absolute atomic E-state index is 13.3. The van der Waals surface area contributed by atoms with Crippen molar-refractivity contribution in [3.63, 3.8) is 0 Å². The van der Waals surface area contributed by atoms with Gasteiger partial charge in [-0.2, -0.15) is 0 Å². The Morgan fingerprint density at radius 3 is 2.75 bits per heavy atom. The van der Waals surface area contributed by atoms with Crippen molar-refractivity contribution in [2.45, 2.75) is 13.5 Å². The van der Waals surface area contributed by atoms with Crippen LogP contribution in [0.4, 0.5) is 10.1 Å². The van der Waals surface area contributed by atoms with Gasteiger partial charge in [0.25, 0.3) is 11.7 Å². The lowest BCUT2D eigenvalue weighted by atomic mass is 10.1. The number of halogens is 1. The smallest absolute Gasteiger partial charge is 0.299 e. The van der Waals surface area contributed by atoms with E-state index in [1.54, 1.807) is 12.4 Å². The summed E-state index contributed by atoms with van der Waals surface area (Å²) in [5.41, 5.74) is 2.32. The van der Waals surface area contributed by atoms with Crippen LogP contribution in [0.3, 0.4) is 0 Å². The fourth-order valence-corrected chi connectivity index (χ4v) is 2.31. The number of benzene rings is 1. The summed E-state index contributed by atoms with van der Waals surface area (Å²) in [5.74, 6) is -1.70. The van der Waals surface area contributed by atoms with Crippen LogP contribution < -0.4 is 4.90 Å². The molecular formula is C15H11FN2O2. The summed E-state index contributed by atoms with van der Waals surface area (Å²) in [6.45, 7) is 2.09. The largest absolute Gasteiger partial charge is 0.300 e. The first-order chi connectivity index (χ1) is 9.56. The van der Waals surface area contributed by atoms with Crippen molar-refractivity contribution in [3.05, 3.63) is 59.2 Å². The number of fused-ring (bicyclic) bond motifs is 1. The molecule has 0 radical (unpaired) electrons. The van der Waals surface area contributed by atoms with Gasteiger partial charge in [0.2, 0.25) is 0 Å². The summed E-state index contributed by atoms with van der Waals surface area (Å²) < 4.78 is 13.3. The molecule has 0 saturated heterocycles. The van der Waals surface area contributed by atoms with Gasteiger partial charge in [-0.05, 0) is 36.2 Å². The third kappa shape index (κ3) is 1.97. The fraction of sp³-hybridized carbons (Fsp3) is 0.133.